The van der Waals surface area contributed by atoms with Crippen LogP contribution in [-0.4, -0.2) is 48.2 Å². The van der Waals surface area contributed by atoms with Gasteiger partial charge >= 0.3 is 0 Å². The van der Waals surface area contributed by atoms with Crippen molar-refractivity contribution >= 4 is 23.4 Å². The monoisotopic (exact) mass is 268 g/mol. The number of hydrogen-bond acceptors (Lipinski definition) is 6. The zero-order chi connectivity index (χ0) is 12.8. The van der Waals surface area contributed by atoms with Gasteiger partial charge in [-0.2, -0.15) is 11.8 Å². The van der Waals surface area contributed by atoms with Crippen LogP contribution >= 0.6 is 11.8 Å². The van der Waals surface area contributed by atoms with Crippen molar-refractivity contribution in [1.82, 2.24) is 9.97 Å². The number of rotatable bonds is 5. The Hall–Kier alpha value is -1.01. The zero-order valence-corrected chi connectivity index (χ0v) is 11.8. The fourth-order valence-corrected chi connectivity index (χ4v) is 2.81. The molecule has 1 aromatic heterocycles. The summed E-state index contributed by atoms with van der Waals surface area (Å²) in [4.78, 5) is 11.3. The standard InChI is InChI=1S/C12H20N4OS/c1-3-13-10-8-12(15-11(14-10)9-17-2)16-4-6-18-7-5-16/h8H,3-7,9H2,1-2H3,(H,13,14,15). The van der Waals surface area contributed by atoms with Gasteiger partial charge in [0.1, 0.15) is 18.2 Å². The summed E-state index contributed by atoms with van der Waals surface area (Å²) in [6.45, 7) is 5.49. The molecule has 0 spiro atoms. The van der Waals surface area contributed by atoms with Crippen molar-refractivity contribution < 1.29 is 4.74 Å². The summed E-state index contributed by atoms with van der Waals surface area (Å²) in [6.07, 6.45) is 0. The first kappa shape index (κ1) is 13.4. The van der Waals surface area contributed by atoms with Crippen LogP contribution in [0.2, 0.25) is 0 Å². The smallest absolute Gasteiger partial charge is 0.158 e. The number of anilines is 2. The molecular formula is C12H20N4OS. The first-order valence-corrected chi connectivity index (χ1v) is 7.42. The van der Waals surface area contributed by atoms with Gasteiger partial charge in [0.15, 0.2) is 5.82 Å². The summed E-state index contributed by atoms with van der Waals surface area (Å²) in [6, 6.07) is 2.03. The van der Waals surface area contributed by atoms with E-state index in [4.69, 9.17) is 4.74 Å². The molecule has 1 N–H and O–H groups in total. The summed E-state index contributed by atoms with van der Waals surface area (Å²) < 4.78 is 5.13. The molecule has 0 radical (unpaired) electrons. The predicted molar refractivity (Wildman–Crippen MR) is 76.4 cm³/mol. The van der Waals surface area contributed by atoms with E-state index in [0.717, 1.165) is 37.1 Å². The molecule has 0 aliphatic carbocycles. The molecule has 1 aliphatic heterocycles. The Morgan fingerprint density at radius 3 is 2.83 bits per heavy atom. The van der Waals surface area contributed by atoms with Crippen LogP contribution in [0.1, 0.15) is 12.7 Å². The lowest BCUT2D eigenvalue weighted by Gasteiger charge is -2.27. The number of hydrogen-bond donors (Lipinski definition) is 1. The van der Waals surface area contributed by atoms with Crippen LogP contribution in [0, 0.1) is 0 Å². The SMILES string of the molecule is CCNc1cc(N2CCSCC2)nc(COC)n1. The molecule has 0 bridgehead atoms. The average molecular weight is 268 g/mol. The van der Waals surface area contributed by atoms with Gasteiger partial charge in [-0.1, -0.05) is 0 Å². The summed E-state index contributed by atoms with van der Waals surface area (Å²) >= 11 is 2.00. The Kier molecular flexibility index (Phi) is 5.07. The molecule has 1 aromatic rings. The van der Waals surface area contributed by atoms with Crippen molar-refractivity contribution in [3.63, 3.8) is 0 Å². The number of nitrogens with zero attached hydrogens (tertiary/aromatic N) is 3. The topological polar surface area (TPSA) is 50.3 Å². The predicted octanol–water partition coefficient (Wildman–Crippen LogP) is 1.61. The van der Waals surface area contributed by atoms with Crippen LogP contribution in [0.4, 0.5) is 11.6 Å². The highest BCUT2D eigenvalue weighted by atomic mass is 32.2. The van der Waals surface area contributed by atoms with Gasteiger partial charge in [-0.05, 0) is 6.92 Å². The second-order valence-corrected chi connectivity index (χ2v) is 5.32. The molecule has 1 saturated heterocycles. The molecule has 1 fully saturated rings. The zero-order valence-electron chi connectivity index (χ0n) is 11.0. The van der Waals surface area contributed by atoms with E-state index in [1.807, 2.05) is 17.8 Å². The third kappa shape index (κ3) is 3.49. The van der Waals surface area contributed by atoms with Crippen molar-refractivity contribution in [2.24, 2.45) is 0 Å². The third-order valence-corrected chi connectivity index (χ3v) is 3.67. The van der Waals surface area contributed by atoms with Crippen LogP contribution < -0.4 is 10.2 Å². The Balaban J connectivity index is 2.20. The van der Waals surface area contributed by atoms with Crippen LogP contribution in [0.5, 0.6) is 0 Å². The molecule has 0 aromatic carbocycles. The van der Waals surface area contributed by atoms with E-state index in [1.165, 1.54) is 11.5 Å². The number of methoxy groups -OCH3 is 1. The molecule has 2 rings (SSSR count). The number of thioether (sulfide) groups is 1. The largest absolute Gasteiger partial charge is 0.377 e. The van der Waals surface area contributed by atoms with Gasteiger partial charge in [0.2, 0.25) is 0 Å². The van der Waals surface area contributed by atoms with Gasteiger partial charge in [0.05, 0.1) is 0 Å². The van der Waals surface area contributed by atoms with Gasteiger partial charge in [-0.25, -0.2) is 9.97 Å². The minimum absolute atomic E-state index is 0.453. The lowest BCUT2D eigenvalue weighted by Crippen LogP contribution is -2.33. The molecule has 100 valence electrons. The summed E-state index contributed by atoms with van der Waals surface area (Å²) in [5.41, 5.74) is 0. The highest BCUT2D eigenvalue weighted by Gasteiger charge is 2.14. The van der Waals surface area contributed by atoms with Crippen molar-refractivity contribution in [3.05, 3.63) is 11.9 Å². The number of nitrogens with one attached hydrogen (secondary N) is 1. The Labute approximate surface area is 112 Å². The average Bonchev–Trinajstić information content (AvgIpc) is 2.40. The van der Waals surface area contributed by atoms with E-state index in [-0.39, 0.29) is 0 Å². The summed E-state index contributed by atoms with van der Waals surface area (Å²) in [7, 11) is 1.67. The quantitative estimate of drug-likeness (QED) is 0.875. The van der Waals surface area contributed by atoms with E-state index < -0.39 is 0 Å². The van der Waals surface area contributed by atoms with E-state index in [1.54, 1.807) is 7.11 Å². The minimum Gasteiger partial charge on any atom is -0.377 e. The third-order valence-electron chi connectivity index (χ3n) is 2.73. The molecule has 6 heteroatoms. The Bertz CT molecular complexity index is 358. The van der Waals surface area contributed by atoms with Crippen LogP contribution in [0.15, 0.2) is 6.07 Å². The first-order valence-electron chi connectivity index (χ1n) is 6.27. The van der Waals surface area contributed by atoms with E-state index in [9.17, 15) is 0 Å². The van der Waals surface area contributed by atoms with E-state index in [0.29, 0.717) is 6.61 Å². The van der Waals surface area contributed by atoms with Gasteiger partial charge in [-0.15, -0.1) is 0 Å². The summed E-state index contributed by atoms with van der Waals surface area (Å²) in [5.74, 6) is 4.96. The maximum atomic E-state index is 5.13. The molecular weight excluding hydrogens is 248 g/mol. The second-order valence-electron chi connectivity index (χ2n) is 4.09. The fraction of sp³-hybridized carbons (Fsp3) is 0.667. The molecule has 2 heterocycles. The highest BCUT2D eigenvalue weighted by molar-refractivity contribution is 7.99. The molecule has 0 amide bonds. The number of ether oxygens (including phenoxy) is 1. The normalized spacial score (nSPS) is 15.8. The Morgan fingerprint density at radius 1 is 1.39 bits per heavy atom. The van der Waals surface area contributed by atoms with Crippen LogP contribution in [0.25, 0.3) is 0 Å². The summed E-state index contributed by atoms with van der Waals surface area (Å²) in [5, 5.41) is 3.25. The lowest BCUT2D eigenvalue weighted by molar-refractivity contribution is 0.178. The number of aromatic nitrogens is 2. The molecule has 18 heavy (non-hydrogen) atoms. The van der Waals surface area contributed by atoms with Gasteiger partial charge in [0, 0.05) is 44.3 Å². The molecule has 5 nitrogen and oxygen atoms in total. The Morgan fingerprint density at radius 2 is 2.17 bits per heavy atom. The first-order chi connectivity index (χ1) is 8.83. The highest BCUT2D eigenvalue weighted by Crippen LogP contribution is 2.20. The maximum absolute atomic E-state index is 5.13. The molecule has 0 saturated carbocycles. The molecule has 0 unspecified atom stereocenters. The van der Waals surface area contributed by atoms with E-state index >= 15 is 0 Å². The van der Waals surface area contributed by atoms with Gasteiger partial charge < -0.3 is 15.0 Å². The molecule has 0 atom stereocenters. The van der Waals surface area contributed by atoms with Crippen molar-refractivity contribution in [2.45, 2.75) is 13.5 Å². The van der Waals surface area contributed by atoms with Gasteiger partial charge in [0.25, 0.3) is 0 Å². The van der Waals surface area contributed by atoms with Crippen molar-refractivity contribution in [2.75, 3.05) is 48.5 Å². The van der Waals surface area contributed by atoms with Crippen molar-refractivity contribution in [1.29, 1.82) is 0 Å². The van der Waals surface area contributed by atoms with Crippen LogP contribution in [0.3, 0.4) is 0 Å². The molecule has 1 aliphatic rings. The van der Waals surface area contributed by atoms with E-state index in [2.05, 4.69) is 27.1 Å². The lowest BCUT2D eigenvalue weighted by atomic mass is 10.4. The fourth-order valence-electron chi connectivity index (χ4n) is 1.90. The second kappa shape index (κ2) is 6.80. The maximum Gasteiger partial charge on any atom is 0.158 e. The minimum atomic E-state index is 0.453. The van der Waals surface area contributed by atoms with Gasteiger partial charge in [-0.3, -0.25) is 0 Å². The van der Waals surface area contributed by atoms with Crippen LogP contribution in [-0.2, 0) is 11.3 Å². The van der Waals surface area contributed by atoms with Crippen molar-refractivity contribution in [3.8, 4) is 0 Å².